The highest BCUT2D eigenvalue weighted by Gasteiger charge is 2.31. The monoisotopic (exact) mass is 470 g/mol. The quantitative estimate of drug-likeness (QED) is 0.519. The highest BCUT2D eigenvalue weighted by molar-refractivity contribution is 6.31. The number of benzene rings is 2. The molecule has 2 aromatic carbocycles. The largest absolute Gasteiger partial charge is 0.483 e. The Kier molecular flexibility index (Phi) is 9.19. The second kappa shape index (κ2) is 12.1. The van der Waals surface area contributed by atoms with Crippen molar-refractivity contribution in [2.24, 2.45) is 0 Å². The molecule has 0 saturated heterocycles. The zero-order valence-corrected chi connectivity index (χ0v) is 20.7. The number of nitrogens with one attached hydrogen (secondary N) is 1. The molecule has 0 aromatic heterocycles. The molecule has 1 N–H and O–H groups in total. The highest BCUT2D eigenvalue weighted by atomic mass is 35.5. The molecular formula is C27H35ClN2O3. The predicted octanol–water partition coefficient (Wildman–Crippen LogP) is 5.59. The lowest BCUT2D eigenvalue weighted by Crippen LogP contribution is -2.52. The number of amides is 2. The summed E-state index contributed by atoms with van der Waals surface area (Å²) in [6.45, 7) is 6.04. The lowest BCUT2D eigenvalue weighted by molar-refractivity contribution is -0.143. The van der Waals surface area contributed by atoms with E-state index < -0.39 is 6.04 Å². The zero-order valence-electron chi connectivity index (χ0n) is 19.9. The van der Waals surface area contributed by atoms with Crippen LogP contribution in [0.15, 0.2) is 42.5 Å². The van der Waals surface area contributed by atoms with E-state index in [0.717, 1.165) is 42.4 Å². The van der Waals surface area contributed by atoms with E-state index in [4.69, 9.17) is 16.3 Å². The molecule has 1 aliphatic rings. The minimum atomic E-state index is -0.585. The van der Waals surface area contributed by atoms with Crippen LogP contribution in [0.1, 0.15) is 62.1 Å². The van der Waals surface area contributed by atoms with Crippen LogP contribution in [0.5, 0.6) is 5.75 Å². The molecule has 0 radical (unpaired) electrons. The van der Waals surface area contributed by atoms with Crippen molar-refractivity contribution in [1.82, 2.24) is 10.2 Å². The molecule has 1 unspecified atom stereocenters. The van der Waals surface area contributed by atoms with Crippen LogP contribution in [-0.4, -0.2) is 35.4 Å². The summed E-state index contributed by atoms with van der Waals surface area (Å²) in [5.74, 6) is 0.346. The average Bonchev–Trinajstić information content (AvgIpc) is 2.81. The number of hydrogen-bond donors (Lipinski definition) is 1. The number of aryl methyl sites for hydroxylation is 1. The Morgan fingerprint density at radius 2 is 1.82 bits per heavy atom. The third kappa shape index (κ3) is 6.73. The second-order valence-corrected chi connectivity index (χ2v) is 9.27. The Labute approximate surface area is 202 Å². The second-order valence-electron chi connectivity index (χ2n) is 8.87. The molecule has 0 bridgehead atoms. The van der Waals surface area contributed by atoms with Crippen LogP contribution in [0.2, 0.25) is 5.02 Å². The first-order valence-electron chi connectivity index (χ1n) is 11.9. The van der Waals surface area contributed by atoms with Crippen LogP contribution in [0, 0.1) is 13.8 Å². The van der Waals surface area contributed by atoms with Crippen LogP contribution in [-0.2, 0) is 16.1 Å². The molecule has 0 heterocycles. The molecule has 1 saturated carbocycles. The van der Waals surface area contributed by atoms with Crippen molar-refractivity contribution in [3.05, 3.63) is 64.2 Å². The SMILES string of the molecule is CCC(C(=O)NC1CCCCC1)N(Cc1ccccc1Cl)C(=O)COc1cccc(C)c1C. The van der Waals surface area contributed by atoms with Gasteiger partial charge in [-0.1, -0.05) is 68.1 Å². The Balaban J connectivity index is 1.79. The number of carbonyl (C=O) groups is 2. The van der Waals surface area contributed by atoms with E-state index in [0.29, 0.717) is 17.2 Å². The molecule has 1 atom stereocenters. The Hall–Kier alpha value is -2.53. The minimum absolute atomic E-state index is 0.100. The molecule has 3 rings (SSSR count). The van der Waals surface area contributed by atoms with E-state index in [1.165, 1.54) is 6.42 Å². The number of hydrogen-bond acceptors (Lipinski definition) is 3. The van der Waals surface area contributed by atoms with E-state index in [1.54, 1.807) is 11.0 Å². The number of carbonyl (C=O) groups excluding carboxylic acids is 2. The summed E-state index contributed by atoms with van der Waals surface area (Å²) in [5.41, 5.74) is 2.92. The molecule has 33 heavy (non-hydrogen) atoms. The lowest BCUT2D eigenvalue weighted by Gasteiger charge is -2.33. The van der Waals surface area contributed by atoms with Crippen molar-refractivity contribution in [2.75, 3.05) is 6.61 Å². The summed E-state index contributed by atoms with van der Waals surface area (Å²) in [7, 11) is 0. The van der Waals surface area contributed by atoms with Crippen molar-refractivity contribution in [1.29, 1.82) is 0 Å². The molecule has 6 heteroatoms. The van der Waals surface area contributed by atoms with Crippen LogP contribution in [0.25, 0.3) is 0 Å². The Morgan fingerprint density at radius 3 is 2.52 bits per heavy atom. The van der Waals surface area contributed by atoms with Gasteiger partial charge in [0.05, 0.1) is 0 Å². The zero-order chi connectivity index (χ0) is 23.8. The summed E-state index contributed by atoms with van der Waals surface area (Å²) in [6.07, 6.45) is 5.99. The van der Waals surface area contributed by atoms with Crippen LogP contribution in [0.4, 0.5) is 0 Å². The molecule has 2 aromatic rings. The van der Waals surface area contributed by atoms with Gasteiger partial charge in [-0.2, -0.15) is 0 Å². The van der Waals surface area contributed by atoms with Crippen molar-refractivity contribution in [2.45, 2.75) is 77.9 Å². The Morgan fingerprint density at radius 1 is 1.09 bits per heavy atom. The summed E-state index contributed by atoms with van der Waals surface area (Å²) in [5, 5.41) is 3.77. The lowest BCUT2D eigenvalue weighted by atomic mass is 9.95. The number of halogens is 1. The fraction of sp³-hybridized carbons (Fsp3) is 0.481. The smallest absolute Gasteiger partial charge is 0.261 e. The maximum atomic E-state index is 13.4. The van der Waals surface area contributed by atoms with E-state index in [-0.39, 0.29) is 31.0 Å². The third-order valence-corrected chi connectivity index (χ3v) is 6.91. The van der Waals surface area contributed by atoms with Crippen molar-refractivity contribution < 1.29 is 14.3 Å². The van der Waals surface area contributed by atoms with Gasteiger partial charge in [0.1, 0.15) is 11.8 Å². The van der Waals surface area contributed by atoms with Gasteiger partial charge in [-0.25, -0.2) is 0 Å². The molecule has 5 nitrogen and oxygen atoms in total. The van der Waals surface area contributed by atoms with E-state index in [9.17, 15) is 9.59 Å². The molecular weight excluding hydrogens is 436 g/mol. The molecule has 1 aliphatic carbocycles. The third-order valence-electron chi connectivity index (χ3n) is 6.54. The maximum Gasteiger partial charge on any atom is 0.261 e. The van der Waals surface area contributed by atoms with E-state index in [2.05, 4.69) is 5.32 Å². The fourth-order valence-corrected chi connectivity index (χ4v) is 4.57. The fourth-order valence-electron chi connectivity index (χ4n) is 4.38. The Bertz CT molecular complexity index is 956. The number of rotatable bonds is 9. The molecule has 1 fully saturated rings. The van der Waals surface area contributed by atoms with Gasteiger partial charge >= 0.3 is 0 Å². The van der Waals surface area contributed by atoms with Crippen molar-refractivity contribution in [3.63, 3.8) is 0 Å². The number of nitrogens with zero attached hydrogens (tertiary/aromatic N) is 1. The first kappa shape index (κ1) is 25.1. The standard InChI is InChI=1S/C27H35ClN2O3/c1-4-24(27(32)29-22-13-6-5-7-14-22)30(17-21-12-8-9-15-23(21)28)26(31)18-33-25-16-10-11-19(2)20(25)3/h8-12,15-16,22,24H,4-7,13-14,17-18H2,1-3H3,(H,29,32). The molecule has 0 aliphatic heterocycles. The van der Waals surface area contributed by atoms with Gasteiger partial charge in [0.25, 0.3) is 5.91 Å². The first-order chi connectivity index (χ1) is 15.9. The average molecular weight is 471 g/mol. The summed E-state index contributed by atoms with van der Waals surface area (Å²) in [4.78, 5) is 28.3. The van der Waals surface area contributed by atoms with Gasteiger partial charge in [-0.15, -0.1) is 0 Å². The summed E-state index contributed by atoms with van der Waals surface area (Å²) < 4.78 is 5.90. The van der Waals surface area contributed by atoms with E-state index in [1.807, 2.05) is 57.2 Å². The van der Waals surface area contributed by atoms with Gasteiger partial charge in [0, 0.05) is 17.6 Å². The maximum absolute atomic E-state index is 13.4. The van der Waals surface area contributed by atoms with Gasteiger partial charge in [-0.3, -0.25) is 9.59 Å². The van der Waals surface area contributed by atoms with Crippen LogP contribution >= 0.6 is 11.6 Å². The van der Waals surface area contributed by atoms with Gasteiger partial charge in [0.15, 0.2) is 6.61 Å². The normalized spacial score (nSPS) is 15.0. The minimum Gasteiger partial charge on any atom is -0.483 e. The summed E-state index contributed by atoms with van der Waals surface area (Å²) >= 11 is 6.40. The van der Waals surface area contributed by atoms with Crippen LogP contribution in [0.3, 0.4) is 0 Å². The van der Waals surface area contributed by atoms with Crippen LogP contribution < -0.4 is 10.1 Å². The number of ether oxygens (including phenoxy) is 1. The molecule has 178 valence electrons. The molecule has 2 amide bonds. The van der Waals surface area contributed by atoms with Gasteiger partial charge in [-0.05, 0) is 61.9 Å². The van der Waals surface area contributed by atoms with Crippen molar-refractivity contribution in [3.8, 4) is 5.75 Å². The van der Waals surface area contributed by atoms with Gasteiger partial charge in [0.2, 0.25) is 5.91 Å². The predicted molar refractivity (Wildman–Crippen MR) is 133 cm³/mol. The molecule has 0 spiro atoms. The highest BCUT2D eigenvalue weighted by Crippen LogP contribution is 2.23. The first-order valence-corrected chi connectivity index (χ1v) is 12.3. The van der Waals surface area contributed by atoms with Gasteiger partial charge < -0.3 is 15.0 Å². The summed E-state index contributed by atoms with van der Waals surface area (Å²) in [6, 6.07) is 12.8. The topological polar surface area (TPSA) is 58.6 Å². The van der Waals surface area contributed by atoms with Crippen molar-refractivity contribution >= 4 is 23.4 Å². The van der Waals surface area contributed by atoms with E-state index >= 15 is 0 Å².